The number of hydrogen-bond donors (Lipinski definition) is 0. The van der Waals surface area contributed by atoms with Crippen molar-refractivity contribution in [1.82, 2.24) is 0 Å². The molecule has 0 amide bonds. The van der Waals surface area contributed by atoms with Gasteiger partial charge < -0.3 is 4.74 Å². The van der Waals surface area contributed by atoms with E-state index >= 15 is 0 Å². The fraction of sp³-hybridized carbons (Fsp3) is 0.833. The number of carbonyl (C=O) groups excluding carboxylic acids is 2. The monoisotopic (exact) mass is 212 g/mol. The lowest BCUT2D eigenvalue weighted by atomic mass is 9.90. The normalized spacial score (nSPS) is 25.6. The van der Waals surface area contributed by atoms with Crippen molar-refractivity contribution in [2.24, 2.45) is 11.8 Å². The molecule has 1 saturated carbocycles. The minimum atomic E-state index is -0.206. The average molecular weight is 212 g/mol. The molecule has 2 atom stereocenters. The summed E-state index contributed by atoms with van der Waals surface area (Å²) in [5.41, 5.74) is 0. The third kappa shape index (κ3) is 3.05. The number of Topliss-reactive ketones (excluding diaryl/α,β-unsaturated/α-hetero) is 1. The summed E-state index contributed by atoms with van der Waals surface area (Å²) in [7, 11) is 1.40. The zero-order chi connectivity index (χ0) is 11.3. The van der Waals surface area contributed by atoms with Gasteiger partial charge in [0.2, 0.25) is 0 Å². The molecule has 0 aromatic carbocycles. The van der Waals surface area contributed by atoms with Gasteiger partial charge in [-0.25, -0.2) is 0 Å². The molecule has 15 heavy (non-hydrogen) atoms. The fourth-order valence-electron chi connectivity index (χ4n) is 2.32. The van der Waals surface area contributed by atoms with Gasteiger partial charge in [-0.3, -0.25) is 9.59 Å². The number of hydrogen-bond acceptors (Lipinski definition) is 3. The average Bonchev–Trinajstić information content (AvgIpc) is 2.60. The Morgan fingerprint density at radius 2 is 2.20 bits per heavy atom. The van der Waals surface area contributed by atoms with Gasteiger partial charge in [0.15, 0.2) is 0 Å². The van der Waals surface area contributed by atoms with Crippen LogP contribution in [0.15, 0.2) is 0 Å². The van der Waals surface area contributed by atoms with Crippen LogP contribution in [0.1, 0.15) is 45.4 Å². The third-order valence-corrected chi connectivity index (χ3v) is 3.22. The van der Waals surface area contributed by atoms with E-state index in [-0.39, 0.29) is 23.6 Å². The van der Waals surface area contributed by atoms with Crippen LogP contribution >= 0.6 is 0 Å². The van der Waals surface area contributed by atoms with Crippen LogP contribution < -0.4 is 0 Å². The van der Waals surface area contributed by atoms with E-state index < -0.39 is 0 Å². The highest BCUT2D eigenvalue weighted by Gasteiger charge is 2.39. The molecular formula is C12H20O3. The summed E-state index contributed by atoms with van der Waals surface area (Å²) in [5, 5.41) is 0. The molecular weight excluding hydrogens is 192 g/mol. The molecule has 0 bridgehead atoms. The van der Waals surface area contributed by atoms with Crippen molar-refractivity contribution in [3.63, 3.8) is 0 Å². The first-order chi connectivity index (χ1) is 7.20. The number of ketones is 1. The van der Waals surface area contributed by atoms with Crippen molar-refractivity contribution in [3.8, 4) is 0 Å². The van der Waals surface area contributed by atoms with Gasteiger partial charge in [0, 0.05) is 12.3 Å². The first-order valence-electron chi connectivity index (χ1n) is 5.81. The molecule has 86 valence electrons. The molecule has 0 aromatic rings. The van der Waals surface area contributed by atoms with E-state index in [1.54, 1.807) is 0 Å². The predicted molar refractivity (Wildman–Crippen MR) is 57.4 cm³/mol. The third-order valence-electron chi connectivity index (χ3n) is 3.22. The first kappa shape index (κ1) is 12.2. The second kappa shape index (κ2) is 5.89. The van der Waals surface area contributed by atoms with Crippen LogP contribution in [0.5, 0.6) is 0 Å². The van der Waals surface area contributed by atoms with E-state index in [9.17, 15) is 9.59 Å². The van der Waals surface area contributed by atoms with Crippen LogP contribution in [0, 0.1) is 11.8 Å². The molecule has 1 aliphatic carbocycles. The Balaban J connectivity index is 2.49. The van der Waals surface area contributed by atoms with Crippen molar-refractivity contribution in [2.75, 3.05) is 7.11 Å². The van der Waals surface area contributed by atoms with Crippen LogP contribution in [0.4, 0.5) is 0 Å². The summed E-state index contributed by atoms with van der Waals surface area (Å²) >= 11 is 0. The highest BCUT2D eigenvalue weighted by atomic mass is 16.5. The van der Waals surface area contributed by atoms with Gasteiger partial charge in [0.05, 0.1) is 13.0 Å². The van der Waals surface area contributed by atoms with Crippen LogP contribution in [0.2, 0.25) is 0 Å². The van der Waals surface area contributed by atoms with Gasteiger partial charge in [0.25, 0.3) is 0 Å². The second-order valence-electron chi connectivity index (χ2n) is 4.24. The lowest BCUT2D eigenvalue weighted by Crippen LogP contribution is -2.23. The Morgan fingerprint density at radius 1 is 1.47 bits per heavy atom. The van der Waals surface area contributed by atoms with Gasteiger partial charge in [-0.05, 0) is 12.8 Å². The summed E-state index contributed by atoms with van der Waals surface area (Å²) in [6.45, 7) is 2.13. The number of unbranched alkanes of at least 4 members (excludes halogenated alkanes) is 2. The summed E-state index contributed by atoms with van der Waals surface area (Å²) in [5.74, 6) is -0.188. The van der Waals surface area contributed by atoms with Crippen LogP contribution in [0.25, 0.3) is 0 Å². The molecule has 1 rings (SSSR count). The zero-order valence-corrected chi connectivity index (χ0v) is 9.62. The molecule has 0 aliphatic heterocycles. The van der Waals surface area contributed by atoms with Crippen LogP contribution in [0.3, 0.4) is 0 Å². The van der Waals surface area contributed by atoms with Gasteiger partial charge in [0.1, 0.15) is 5.78 Å². The highest BCUT2D eigenvalue weighted by molar-refractivity contribution is 5.90. The van der Waals surface area contributed by atoms with Gasteiger partial charge >= 0.3 is 5.97 Å². The molecule has 0 saturated heterocycles. The van der Waals surface area contributed by atoms with Crippen molar-refractivity contribution in [3.05, 3.63) is 0 Å². The summed E-state index contributed by atoms with van der Waals surface area (Å²) in [6, 6.07) is 0. The first-order valence-corrected chi connectivity index (χ1v) is 5.81. The highest BCUT2D eigenvalue weighted by Crippen LogP contribution is 2.33. The molecule has 0 radical (unpaired) electrons. The second-order valence-corrected chi connectivity index (χ2v) is 4.24. The lowest BCUT2D eigenvalue weighted by Gasteiger charge is -2.15. The molecule has 0 unspecified atom stereocenters. The van der Waals surface area contributed by atoms with E-state index in [2.05, 4.69) is 6.92 Å². The van der Waals surface area contributed by atoms with Gasteiger partial charge in [-0.2, -0.15) is 0 Å². The minimum absolute atomic E-state index is 0.0657. The predicted octanol–water partition coefficient (Wildman–Crippen LogP) is 2.33. The molecule has 0 N–H and O–H groups in total. The SMILES string of the molecule is CCCCC[C@@H]1C(=O)CC[C@H]1C(=O)OC. The Bertz CT molecular complexity index is 235. The summed E-state index contributed by atoms with van der Waals surface area (Å²) in [4.78, 5) is 23.0. The molecule has 0 spiro atoms. The van der Waals surface area contributed by atoms with Gasteiger partial charge in [-0.1, -0.05) is 26.2 Å². The van der Waals surface area contributed by atoms with Crippen molar-refractivity contribution >= 4 is 11.8 Å². The molecule has 3 nitrogen and oxygen atoms in total. The van der Waals surface area contributed by atoms with E-state index in [4.69, 9.17) is 4.74 Å². The molecule has 1 aliphatic rings. The van der Waals surface area contributed by atoms with E-state index in [1.165, 1.54) is 7.11 Å². The molecule has 1 fully saturated rings. The number of ether oxygens (including phenoxy) is 1. The molecule has 0 heterocycles. The smallest absolute Gasteiger partial charge is 0.309 e. The topological polar surface area (TPSA) is 43.4 Å². The maximum atomic E-state index is 11.6. The van der Waals surface area contributed by atoms with E-state index in [0.717, 1.165) is 25.7 Å². The molecule has 0 aromatic heterocycles. The van der Waals surface area contributed by atoms with Crippen molar-refractivity contribution in [1.29, 1.82) is 0 Å². The Hall–Kier alpha value is -0.860. The number of esters is 1. The maximum absolute atomic E-state index is 11.6. The number of rotatable bonds is 5. The molecule has 3 heteroatoms. The standard InChI is InChI=1S/C12H20O3/c1-3-4-5-6-9-10(12(14)15-2)7-8-11(9)13/h9-10H,3-8H2,1-2H3/t9-,10+/m0/s1. The number of carbonyl (C=O) groups is 2. The Morgan fingerprint density at radius 3 is 2.80 bits per heavy atom. The number of methoxy groups -OCH3 is 1. The Labute approximate surface area is 91.2 Å². The van der Waals surface area contributed by atoms with Crippen LogP contribution in [-0.2, 0) is 14.3 Å². The quantitative estimate of drug-likeness (QED) is 0.519. The largest absolute Gasteiger partial charge is 0.469 e. The Kier molecular flexibility index (Phi) is 4.79. The van der Waals surface area contributed by atoms with E-state index in [0.29, 0.717) is 12.8 Å². The van der Waals surface area contributed by atoms with E-state index in [1.807, 2.05) is 0 Å². The zero-order valence-electron chi connectivity index (χ0n) is 9.62. The van der Waals surface area contributed by atoms with Crippen molar-refractivity contribution in [2.45, 2.75) is 45.4 Å². The van der Waals surface area contributed by atoms with Crippen molar-refractivity contribution < 1.29 is 14.3 Å². The van der Waals surface area contributed by atoms with Crippen LogP contribution in [-0.4, -0.2) is 18.9 Å². The fourth-order valence-corrected chi connectivity index (χ4v) is 2.32. The lowest BCUT2D eigenvalue weighted by molar-refractivity contribution is -0.148. The minimum Gasteiger partial charge on any atom is -0.469 e. The summed E-state index contributed by atoms with van der Waals surface area (Å²) < 4.78 is 4.73. The summed E-state index contributed by atoms with van der Waals surface area (Å²) in [6.07, 6.45) is 5.41. The van der Waals surface area contributed by atoms with Gasteiger partial charge in [-0.15, -0.1) is 0 Å². The maximum Gasteiger partial charge on any atom is 0.309 e.